The van der Waals surface area contributed by atoms with E-state index >= 15 is 0 Å². The van der Waals surface area contributed by atoms with Gasteiger partial charge in [0.2, 0.25) is 11.8 Å². The summed E-state index contributed by atoms with van der Waals surface area (Å²) < 4.78 is 0. The number of halogens is 1. The Kier molecular flexibility index (Phi) is 6.38. The van der Waals surface area contributed by atoms with E-state index in [-0.39, 0.29) is 18.2 Å². The average Bonchev–Trinajstić information content (AvgIpc) is 2.59. The minimum Gasteiger partial charge on any atom is -0.338 e. The van der Waals surface area contributed by atoms with Crippen molar-refractivity contribution in [1.82, 2.24) is 4.90 Å². The minimum absolute atomic E-state index is 0.0355. The van der Waals surface area contributed by atoms with Crippen LogP contribution in [-0.2, 0) is 16.1 Å². The number of amides is 2. The first-order valence-electron chi connectivity index (χ1n) is 7.79. The van der Waals surface area contributed by atoms with E-state index in [0.29, 0.717) is 18.1 Å². The van der Waals surface area contributed by atoms with Crippen molar-refractivity contribution in [3.05, 3.63) is 65.2 Å². The highest BCUT2D eigenvalue weighted by Crippen LogP contribution is 2.18. The molecule has 0 saturated carbocycles. The van der Waals surface area contributed by atoms with Gasteiger partial charge in [0.15, 0.2) is 0 Å². The van der Waals surface area contributed by atoms with Crippen molar-refractivity contribution in [2.45, 2.75) is 19.9 Å². The standard InChI is InChI=1S/C19H21ClN2O2/c1-15(23)22(14-16-8-6-7-11-18(16)20)13-12-19(24)21(2)17-9-4-3-5-10-17/h3-11H,12-14H2,1-2H3. The largest absolute Gasteiger partial charge is 0.338 e. The first-order chi connectivity index (χ1) is 11.5. The third kappa shape index (κ3) is 4.83. The van der Waals surface area contributed by atoms with E-state index in [1.807, 2.05) is 48.5 Å². The SMILES string of the molecule is CC(=O)N(CCC(=O)N(C)c1ccccc1)Cc1ccccc1Cl. The zero-order valence-electron chi connectivity index (χ0n) is 13.9. The molecule has 0 N–H and O–H groups in total. The van der Waals surface area contributed by atoms with Crippen molar-refractivity contribution < 1.29 is 9.59 Å². The van der Waals surface area contributed by atoms with Crippen LogP contribution in [0.25, 0.3) is 0 Å². The second-order valence-electron chi connectivity index (χ2n) is 5.57. The van der Waals surface area contributed by atoms with Gasteiger partial charge in [-0.1, -0.05) is 48.0 Å². The Morgan fingerprint density at radius 2 is 1.62 bits per heavy atom. The van der Waals surface area contributed by atoms with Crippen molar-refractivity contribution in [1.29, 1.82) is 0 Å². The number of para-hydroxylation sites is 1. The Hall–Kier alpha value is -2.33. The summed E-state index contributed by atoms with van der Waals surface area (Å²) in [5.74, 6) is -0.114. The molecule has 0 atom stereocenters. The van der Waals surface area contributed by atoms with Gasteiger partial charge in [-0.2, -0.15) is 0 Å². The van der Waals surface area contributed by atoms with E-state index in [1.165, 1.54) is 6.92 Å². The lowest BCUT2D eigenvalue weighted by atomic mass is 10.2. The molecule has 2 aromatic rings. The van der Waals surface area contributed by atoms with Crippen LogP contribution in [0.4, 0.5) is 5.69 Å². The number of benzene rings is 2. The molecule has 126 valence electrons. The first-order valence-corrected chi connectivity index (χ1v) is 8.17. The minimum atomic E-state index is -0.0786. The smallest absolute Gasteiger partial charge is 0.228 e. The van der Waals surface area contributed by atoms with E-state index in [4.69, 9.17) is 11.6 Å². The van der Waals surface area contributed by atoms with Gasteiger partial charge in [0.1, 0.15) is 0 Å². The molecule has 0 fully saturated rings. The van der Waals surface area contributed by atoms with Crippen LogP contribution in [0.5, 0.6) is 0 Å². The number of nitrogens with zero attached hydrogens (tertiary/aromatic N) is 2. The third-order valence-electron chi connectivity index (χ3n) is 3.88. The first kappa shape index (κ1) is 18.0. The summed E-state index contributed by atoms with van der Waals surface area (Å²) in [5, 5.41) is 0.622. The number of carbonyl (C=O) groups is 2. The van der Waals surface area contributed by atoms with Gasteiger partial charge >= 0.3 is 0 Å². The monoisotopic (exact) mass is 344 g/mol. The van der Waals surface area contributed by atoms with Crippen molar-refractivity contribution in [3.63, 3.8) is 0 Å². The quantitative estimate of drug-likeness (QED) is 0.801. The summed E-state index contributed by atoms with van der Waals surface area (Å²) in [7, 11) is 1.74. The average molecular weight is 345 g/mol. The van der Waals surface area contributed by atoms with Crippen LogP contribution >= 0.6 is 11.6 Å². The molecule has 2 aromatic carbocycles. The van der Waals surface area contributed by atoms with Gasteiger partial charge in [0.05, 0.1) is 0 Å². The second kappa shape index (κ2) is 8.50. The molecule has 0 unspecified atom stereocenters. The van der Waals surface area contributed by atoms with Gasteiger partial charge in [0, 0.05) is 44.2 Å². The van der Waals surface area contributed by atoms with Crippen molar-refractivity contribution >= 4 is 29.1 Å². The fourth-order valence-corrected chi connectivity index (χ4v) is 2.57. The summed E-state index contributed by atoms with van der Waals surface area (Å²) in [6.07, 6.45) is 0.259. The number of hydrogen-bond donors (Lipinski definition) is 0. The van der Waals surface area contributed by atoms with Crippen LogP contribution in [0.2, 0.25) is 5.02 Å². The van der Waals surface area contributed by atoms with Crippen molar-refractivity contribution in [2.75, 3.05) is 18.5 Å². The van der Waals surface area contributed by atoms with Crippen molar-refractivity contribution in [2.24, 2.45) is 0 Å². The zero-order valence-corrected chi connectivity index (χ0v) is 14.7. The van der Waals surface area contributed by atoms with Crippen LogP contribution in [0.3, 0.4) is 0 Å². The fraction of sp³-hybridized carbons (Fsp3) is 0.263. The van der Waals surface area contributed by atoms with Gasteiger partial charge in [-0.15, -0.1) is 0 Å². The van der Waals surface area contributed by atoms with Gasteiger partial charge in [0.25, 0.3) is 0 Å². The van der Waals surface area contributed by atoms with E-state index in [9.17, 15) is 9.59 Å². The molecule has 0 radical (unpaired) electrons. The molecule has 0 aliphatic heterocycles. The van der Waals surface area contributed by atoms with E-state index in [0.717, 1.165) is 11.3 Å². The second-order valence-corrected chi connectivity index (χ2v) is 5.98. The molecule has 5 heteroatoms. The van der Waals surface area contributed by atoms with E-state index in [2.05, 4.69) is 0 Å². The molecule has 0 spiro atoms. The van der Waals surface area contributed by atoms with Crippen LogP contribution in [0.15, 0.2) is 54.6 Å². The summed E-state index contributed by atoms with van der Waals surface area (Å²) in [6, 6.07) is 16.9. The van der Waals surface area contributed by atoms with Crippen LogP contribution in [0, 0.1) is 0 Å². The Morgan fingerprint density at radius 1 is 1.00 bits per heavy atom. The summed E-state index contributed by atoms with van der Waals surface area (Å²) in [4.78, 5) is 27.5. The lowest BCUT2D eigenvalue weighted by Gasteiger charge is -2.23. The third-order valence-corrected chi connectivity index (χ3v) is 4.25. The van der Waals surface area contributed by atoms with Crippen LogP contribution < -0.4 is 4.90 Å². The predicted octanol–water partition coefficient (Wildman–Crippen LogP) is 3.74. The highest BCUT2D eigenvalue weighted by atomic mass is 35.5. The molecule has 0 bridgehead atoms. The van der Waals surface area contributed by atoms with E-state index < -0.39 is 0 Å². The zero-order chi connectivity index (χ0) is 17.5. The molecule has 0 heterocycles. The predicted molar refractivity (Wildman–Crippen MR) is 97.0 cm³/mol. The maximum Gasteiger partial charge on any atom is 0.228 e. The fourth-order valence-electron chi connectivity index (χ4n) is 2.37. The molecule has 2 amide bonds. The maximum atomic E-state index is 12.4. The molecule has 0 aliphatic rings. The normalized spacial score (nSPS) is 10.3. The molecule has 0 saturated heterocycles. The molecule has 4 nitrogen and oxygen atoms in total. The topological polar surface area (TPSA) is 40.6 Å². The molecular formula is C19H21ClN2O2. The number of carbonyl (C=O) groups excluding carboxylic acids is 2. The Morgan fingerprint density at radius 3 is 2.25 bits per heavy atom. The van der Waals surface area contributed by atoms with Gasteiger partial charge in [-0.25, -0.2) is 0 Å². The van der Waals surface area contributed by atoms with Gasteiger partial charge in [-0.05, 0) is 23.8 Å². The number of anilines is 1. The number of rotatable bonds is 6. The number of hydrogen-bond acceptors (Lipinski definition) is 2. The summed E-state index contributed by atoms with van der Waals surface area (Å²) >= 11 is 6.15. The summed E-state index contributed by atoms with van der Waals surface area (Å²) in [6.45, 7) is 2.26. The van der Waals surface area contributed by atoms with Gasteiger partial charge < -0.3 is 9.80 Å². The Labute approximate surface area is 147 Å². The molecule has 0 aromatic heterocycles. The lowest BCUT2D eigenvalue weighted by molar-refractivity contribution is -0.130. The Balaban J connectivity index is 1.97. The maximum absolute atomic E-state index is 12.4. The highest BCUT2D eigenvalue weighted by Gasteiger charge is 2.16. The van der Waals surface area contributed by atoms with Gasteiger partial charge in [-0.3, -0.25) is 9.59 Å². The molecular weight excluding hydrogens is 324 g/mol. The molecule has 2 rings (SSSR count). The Bertz CT molecular complexity index is 704. The molecule has 0 aliphatic carbocycles. The highest BCUT2D eigenvalue weighted by molar-refractivity contribution is 6.31. The van der Waals surface area contributed by atoms with Crippen LogP contribution in [0.1, 0.15) is 18.9 Å². The van der Waals surface area contributed by atoms with Crippen LogP contribution in [-0.4, -0.2) is 30.3 Å². The lowest BCUT2D eigenvalue weighted by Crippen LogP contribution is -2.34. The molecule has 24 heavy (non-hydrogen) atoms. The summed E-state index contributed by atoms with van der Waals surface area (Å²) in [5.41, 5.74) is 1.71. The van der Waals surface area contributed by atoms with Crippen molar-refractivity contribution in [3.8, 4) is 0 Å². The van der Waals surface area contributed by atoms with E-state index in [1.54, 1.807) is 22.9 Å².